The van der Waals surface area contributed by atoms with Crippen LogP contribution in [-0.2, 0) is 11.3 Å². The van der Waals surface area contributed by atoms with E-state index >= 15 is 0 Å². The van der Waals surface area contributed by atoms with Gasteiger partial charge in [-0.1, -0.05) is 30.3 Å². The maximum Gasteiger partial charge on any atom is 0.325 e. The molecule has 0 spiro atoms. The van der Waals surface area contributed by atoms with Gasteiger partial charge in [0.25, 0.3) is 5.91 Å². The average Bonchev–Trinajstić information content (AvgIpc) is 2.47. The lowest BCUT2D eigenvalue weighted by Gasteiger charge is -2.11. The van der Waals surface area contributed by atoms with Gasteiger partial charge in [0.05, 0.1) is 0 Å². The Morgan fingerprint density at radius 1 is 1.14 bits per heavy atom. The predicted octanol–water partition coefficient (Wildman–Crippen LogP) is 0.900. The van der Waals surface area contributed by atoms with E-state index in [4.69, 9.17) is 0 Å². The Morgan fingerprint density at radius 3 is 2.43 bits per heavy atom. The number of nitrogens with zero attached hydrogens (tertiary/aromatic N) is 1. The van der Waals surface area contributed by atoms with Crippen LogP contribution in [0.4, 0.5) is 4.79 Å². The van der Waals surface area contributed by atoms with E-state index in [0.29, 0.717) is 6.54 Å². The number of rotatable bonds is 2. The molecule has 0 atom stereocenters. The molecule has 1 aliphatic rings. The maximum absolute atomic E-state index is 11.2. The maximum atomic E-state index is 11.2. The largest absolute Gasteiger partial charge is 0.325 e. The summed E-state index contributed by atoms with van der Waals surface area (Å²) in [7, 11) is 0. The van der Waals surface area contributed by atoms with Gasteiger partial charge in [0.1, 0.15) is 6.54 Å². The van der Waals surface area contributed by atoms with Gasteiger partial charge in [-0.15, -0.1) is 0 Å². The molecule has 4 heteroatoms. The first-order valence-electron chi connectivity index (χ1n) is 4.26. The van der Waals surface area contributed by atoms with Crippen LogP contribution in [0, 0.1) is 6.54 Å². The Labute approximate surface area is 81.5 Å². The number of hydrogen-bond donors (Lipinski definition) is 1. The van der Waals surface area contributed by atoms with Crippen molar-refractivity contribution in [3.05, 3.63) is 42.4 Å². The third kappa shape index (κ3) is 1.74. The Bertz CT molecular complexity index is 362. The van der Waals surface area contributed by atoms with Crippen LogP contribution in [0.3, 0.4) is 0 Å². The lowest BCUT2D eigenvalue weighted by Crippen LogP contribution is -2.26. The zero-order valence-corrected chi connectivity index (χ0v) is 7.43. The molecule has 0 unspecified atom stereocenters. The lowest BCUT2D eigenvalue weighted by molar-refractivity contribution is -0.116. The predicted molar refractivity (Wildman–Crippen MR) is 49.8 cm³/mol. The minimum absolute atomic E-state index is 0.356. The molecule has 1 heterocycles. The third-order valence-corrected chi connectivity index (χ3v) is 1.96. The van der Waals surface area contributed by atoms with Gasteiger partial charge in [0.2, 0.25) is 0 Å². The van der Waals surface area contributed by atoms with E-state index in [0.717, 1.165) is 5.56 Å². The second-order valence-corrected chi connectivity index (χ2v) is 3.04. The van der Waals surface area contributed by atoms with Crippen molar-refractivity contribution in [1.82, 2.24) is 10.2 Å². The van der Waals surface area contributed by atoms with Crippen molar-refractivity contribution in [2.75, 3.05) is 0 Å². The summed E-state index contributed by atoms with van der Waals surface area (Å²) in [5.41, 5.74) is 0.994. The Hall–Kier alpha value is -1.84. The summed E-state index contributed by atoms with van der Waals surface area (Å²) in [6.45, 7) is 1.70. The van der Waals surface area contributed by atoms with Crippen molar-refractivity contribution in [1.29, 1.82) is 0 Å². The molecule has 14 heavy (non-hydrogen) atoms. The summed E-state index contributed by atoms with van der Waals surface area (Å²) in [5.74, 6) is -0.356. The molecular formula is C10H9N2O2. The van der Waals surface area contributed by atoms with Crippen LogP contribution in [0.1, 0.15) is 5.56 Å². The molecule has 1 fully saturated rings. The quantitative estimate of drug-likeness (QED) is 0.703. The van der Waals surface area contributed by atoms with E-state index in [1.165, 1.54) is 11.4 Å². The minimum atomic E-state index is -0.362. The minimum Gasteiger partial charge on any atom is -0.305 e. The topological polar surface area (TPSA) is 49.4 Å². The molecule has 1 aromatic rings. The van der Waals surface area contributed by atoms with Gasteiger partial charge in [-0.2, -0.15) is 0 Å². The number of amides is 3. The summed E-state index contributed by atoms with van der Waals surface area (Å²) in [6.07, 6.45) is 0. The van der Waals surface area contributed by atoms with Crippen LogP contribution in [0.5, 0.6) is 0 Å². The lowest BCUT2D eigenvalue weighted by atomic mass is 10.2. The Morgan fingerprint density at radius 2 is 1.86 bits per heavy atom. The van der Waals surface area contributed by atoms with Gasteiger partial charge in [-0.25, -0.2) is 4.79 Å². The first kappa shape index (κ1) is 8.74. The summed E-state index contributed by atoms with van der Waals surface area (Å²) in [5, 5.41) is 2.18. The first-order valence-corrected chi connectivity index (χ1v) is 4.26. The number of carbonyl (C=O) groups excluding carboxylic acids is 2. The number of nitrogens with one attached hydrogen (secondary N) is 1. The second-order valence-electron chi connectivity index (χ2n) is 3.04. The van der Waals surface area contributed by atoms with Crippen LogP contribution in [-0.4, -0.2) is 16.8 Å². The van der Waals surface area contributed by atoms with Crippen molar-refractivity contribution in [2.24, 2.45) is 0 Å². The molecule has 1 saturated heterocycles. The molecule has 0 bridgehead atoms. The van der Waals surface area contributed by atoms with Crippen LogP contribution in [0.2, 0.25) is 0 Å². The van der Waals surface area contributed by atoms with Gasteiger partial charge in [-0.3, -0.25) is 10.1 Å². The van der Waals surface area contributed by atoms with Crippen molar-refractivity contribution in [3.8, 4) is 0 Å². The van der Waals surface area contributed by atoms with Gasteiger partial charge in [-0.05, 0) is 5.56 Å². The number of urea groups is 1. The van der Waals surface area contributed by atoms with E-state index in [2.05, 4.69) is 5.32 Å². The highest BCUT2D eigenvalue weighted by Gasteiger charge is 2.26. The summed E-state index contributed by atoms with van der Waals surface area (Å²) < 4.78 is 0. The zero-order chi connectivity index (χ0) is 9.97. The number of hydrogen-bond acceptors (Lipinski definition) is 2. The molecule has 1 aromatic carbocycles. The summed E-state index contributed by atoms with van der Waals surface area (Å²) in [4.78, 5) is 23.3. The smallest absolute Gasteiger partial charge is 0.305 e. The van der Waals surface area contributed by atoms with Crippen molar-refractivity contribution in [2.45, 2.75) is 6.54 Å². The molecule has 4 nitrogen and oxygen atoms in total. The standard InChI is InChI=1S/C10H9N2O2/c13-9-7-12(10(14)11-9)6-8-4-2-1-3-5-8/h1-5,7H,6H2,(H,11,13,14). The third-order valence-electron chi connectivity index (χ3n) is 1.96. The van der Waals surface area contributed by atoms with Gasteiger partial charge in [0, 0.05) is 6.54 Å². The fourth-order valence-corrected chi connectivity index (χ4v) is 1.31. The van der Waals surface area contributed by atoms with Gasteiger partial charge >= 0.3 is 6.03 Å². The number of carbonyl (C=O) groups is 2. The normalized spacial score (nSPS) is 15.9. The zero-order valence-electron chi connectivity index (χ0n) is 7.43. The van der Waals surface area contributed by atoms with E-state index in [1.807, 2.05) is 30.3 Å². The molecule has 0 aromatic heterocycles. The number of benzene rings is 1. The second kappa shape index (κ2) is 3.49. The average molecular weight is 189 g/mol. The van der Waals surface area contributed by atoms with Crippen LogP contribution < -0.4 is 5.32 Å². The highest BCUT2D eigenvalue weighted by molar-refractivity contribution is 6.05. The van der Waals surface area contributed by atoms with E-state index < -0.39 is 0 Å². The van der Waals surface area contributed by atoms with Gasteiger partial charge < -0.3 is 4.90 Å². The molecular weight excluding hydrogens is 180 g/mol. The Kier molecular flexibility index (Phi) is 2.18. The van der Waals surface area contributed by atoms with Crippen LogP contribution in [0.15, 0.2) is 30.3 Å². The Balaban J connectivity index is 2.05. The molecule has 71 valence electrons. The SMILES string of the molecule is O=C1[CH]N(Cc2ccccc2)C(=O)N1. The summed E-state index contributed by atoms with van der Waals surface area (Å²) >= 11 is 0. The molecule has 2 rings (SSSR count). The van der Waals surface area contributed by atoms with Crippen molar-refractivity contribution < 1.29 is 9.59 Å². The monoisotopic (exact) mass is 189 g/mol. The molecule has 1 N–H and O–H groups in total. The van der Waals surface area contributed by atoms with E-state index in [1.54, 1.807) is 0 Å². The fraction of sp³-hybridized carbons (Fsp3) is 0.100. The van der Waals surface area contributed by atoms with E-state index in [9.17, 15) is 9.59 Å². The molecule has 3 amide bonds. The highest BCUT2D eigenvalue weighted by Crippen LogP contribution is 2.09. The summed E-state index contributed by atoms with van der Waals surface area (Å²) in [6, 6.07) is 9.14. The molecule has 1 aliphatic heterocycles. The highest BCUT2D eigenvalue weighted by atomic mass is 16.2. The van der Waals surface area contributed by atoms with E-state index in [-0.39, 0.29) is 11.9 Å². The van der Waals surface area contributed by atoms with Crippen molar-refractivity contribution >= 4 is 11.9 Å². The molecule has 1 radical (unpaired) electrons. The molecule has 0 aliphatic carbocycles. The molecule has 0 saturated carbocycles. The van der Waals surface area contributed by atoms with Gasteiger partial charge in [0.15, 0.2) is 0 Å². The van der Waals surface area contributed by atoms with Crippen LogP contribution in [0.25, 0.3) is 0 Å². The first-order chi connectivity index (χ1) is 6.75. The van der Waals surface area contributed by atoms with Crippen molar-refractivity contribution in [3.63, 3.8) is 0 Å². The number of imide groups is 1. The van der Waals surface area contributed by atoms with Crippen LogP contribution >= 0.6 is 0 Å². The fourth-order valence-electron chi connectivity index (χ4n) is 1.31.